The van der Waals surface area contributed by atoms with Crippen LogP contribution in [0, 0.1) is 0 Å². The minimum atomic E-state index is 0.0663. The molecule has 5 heteroatoms. The van der Waals surface area contributed by atoms with Crippen LogP contribution in [-0.4, -0.2) is 34.0 Å². The van der Waals surface area contributed by atoms with E-state index in [1.165, 1.54) is 19.3 Å². The Labute approximate surface area is 102 Å². The molecule has 2 N–H and O–H groups in total. The first-order chi connectivity index (χ1) is 8.35. The molecular weight excluding hydrogens is 216 g/mol. The number of fused-ring (bicyclic) bond motifs is 1. The highest BCUT2D eigenvalue weighted by Crippen LogP contribution is 2.15. The van der Waals surface area contributed by atoms with Gasteiger partial charge >= 0.3 is 0 Å². The molecule has 0 bridgehead atoms. The number of aromatic nitrogens is 3. The van der Waals surface area contributed by atoms with E-state index < -0.39 is 0 Å². The third-order valence-corrected chi connectivity index (χ3v) is 3.26. The molecular formula is C12H22N4O. The topological polar surface area (TPSA) is 66.0 Å². The van der Waals surface area contributed by atoms with Crippen molar-refractivity contribution in [1.29, 1.82) is 0 Å². The van der Waals surface area contributed by atoms with E-state index in [0.717, 1.165) is 31.0 Å². The van der Waals surface area contributed by atoms with E-state index in [4.69, 9.17) is 10.5 Å². The van der Waals surface area contributed by atoms with Gasteiger partial charge in [0.15, 0.2) is 0 Å². The number of aryl methyl sites for hydroxylation is 1. The molecule has 1 unspecified atom stereocenters. The minimum absolute atomic E-state index is 0.0663. The van der Waals surface area contributed by atoms with Crippen molar-refractivity contribution in [2.24, 2.45) is 5.73 Å². The summed E-state index contributed by atoms with van der Waals surface area (Å²) in [5.74, 6) is 2.16. The molecule has 0 radical (unpaired) electrons. The summed E-state index contributed by atoms with van der Waals surface area (Å²) in [5.41, 5.74) is 5.70. The van der Waals surface area contributed by atoms with Gasteiger partial charge in [0.1, 0.15) is 11.6 Å². The van der Waals surface area contributed by atoms with Crippen molar-refractivity contribution in [1.82, 2.24) is 14.8 Å². The Hall–Kier alpha value is -0.940. The van der Waals surface area contributed by atoms with E-state index in [9.17, 15) is 0 Å². The van der Waals surface area contributed by atoms with Crippen LogP contribution < -0.4 is 5.73 Å². The molecule has 96 valence electrons. The van der Waals surface area contributed by atoms with E-state index in [1.54, 1.807) is 0 Å². The van der Waals surface area contributed by atoms with Crippen LogP contribution in [0.15, 0.2) is 0 Å². The summed E-state index contributed by atoms with van der Waals surface area (Å²) in [4.78, 5) is 0. The monoisotopic (exact) mass is 238 g/mol. The second kappa shape index (κ2) is 6.12. The van der Waals surface area contributed by atoms with Crippen LogP contribution in [-0.2, 0) is 24.1 Å². The van der Waals surface area contributed by atoms with Gasteiger partial charge in [0.25, 0.3) is 0 Å². The van der Waals surface area contributed by atoms with Gasteiger partial charge in [-0.1, -0.05) is 6.42 Å². The lowest BCUT2D eigenvalue weighted by Gasteiger charge is -2.15. The summed E-state index contributed by atoms with van der Waals surface area (Å²) in [6.45, 7) is 4.27. The molecule has 17 heavy (non-hydrogen) atoms. The summed E-state index contributed by atoms with van der Waals surface area (Å²) in [5, 5.41) is 8.57. The smallest absolute Gasteiger partial charge is 0.135 e. The van der Waals surface area contributed by atoms with Gasteiger partial charge in [0.2, 0.25) is 0 Å². The average Bonchev–Trinajstić information content (AvgIpc) is 2.58. The molecule has 0 aliphatic carbocycles. The summed E-state index contributed by atoms with van der Waals surface area (Å²) in [6, 6.07) is 0. The highest BCUT2D eigenvalue weighted by Gasteiger charge is 2.17. The fourth-order valence-electron chi connectivity index (χ4n) is 2.35. The van der Waals surface area contributed by atoms with E-state index in [-0.39, 0.29) is 6.10 Å². The molecule has 1 atom stereocenters. The molecule has 1 aliphatic heterocycles. The van der Waals surface area contributed by atoms with Crippen LogP contribution in [0.5, 0.6) is 0 Å². The Morgan fingerprint density at radius 3 is 3.00 bits per heavy atom. The first-order valence-electron chi connectivity index (χ1n) is 6.57. The zero-order valence-electron chi connectivity index (χ0n) is 10.6. The van der Waals surface area contributed by atoms with Gasteiger partial charge in [-0.05, 0) is 19.8 Å². The molecule has 0 aromatic carbocycles. The van der Waals surface area contributed by atoms with Crippen LogP contribution >= 0.6 is 0 Å². The van der Waals surface area contributed by atoms with E-state index in [0.29, 0.717) is 13.2 Å². The van der Waals surface area contributed by atoms with Gasteiger partial charge in [0, 0.05) is 32.5 Å². The van der Waals surface area contributed by atoms with Crippen molar-refractivity contribution in [3.8, 4) is 0 Å². The molecule has 5 nitrogen and oxygen atoms in total. The quantitative estimate of drug-likeness (QED) is 0.828. The van der Waals surface area contributed by atoms with Crippen molar-refractivity contribution in [3.63, 3.8) is 0 Å². The van der Waals surface area contributed by atoms with Gasteiger partial charge in [0.05, 0.1) is 6.10 Å². The molecule has 0 saturated heterocycles. The number of nitrogens with zero attached hydrogens (tertiary/aromatic N) is 3. The molecule has 0 saturated carbocycles. The van der Waals surface area contributed by atoms with Crippen molar-refractivity contribution in [2.75, 3.05) is 13.2 Å². The van der Waals surface area contributed by atoms with Crippen molar-refractivity contribution >= 4 is 0 Å². The van der Waals surface area contributed by atoms with Gasteiger partial charge in [-0.2, -0.15) is 0 Å². The van der Waals surface area contributed by atoms with Crippen molar-refractivity contribution in [2.45, 2.75) is 51.7 Å². The standard InChI is InChI=1S/C12H22N4O/c1-2-17-10(9-13)8-12-15-14-11-6-4-3-5-7-16(11)12/h10H,2-9,13H2,1H3. The molecule has 0 spiro atoms. The zero-order valence-corrected chi connectivity index (χ0v) is 10.6. The minimum Gasteiger partial charge on any atom is -0.377 e. The largest absolute Gasteiger partial charge is 0.377 e. The van der Waals surface area contributed by atoms with Crippen molar-refractivity contribution < 1.29 is 4.74 Å². The maximum Gasteiger partial charge on any atom is 0.135 e. The maximum absolute atomic E-state index is 5.70. The van der Waals surface area contributed by atoms with Crippen LogP contribution in [0.4, 0.5) is 0 Å². The first-order valence-corrected chi connectivity index (χ1v) is 6.57. The number of hydrogen-bond donors (Lipinski definition) is 1. The predicted octanol–water partition coefficient (Wildman–Crippen LogP) is 0.911. The lowest BCUT2D eigenvalue weighted by Crippen LogP contribution is -2.27. The maximum atomic E-state index is 5.70. The molecule has 2 heterocycles. The molecule has 1 aromatic heterocycles. The van der Waals surface area contributed by atoms with E-state index in [1.807, 2.05) is 6.92 Å². The third-order valence-electron chi connectivity index (χ3n) is 3.26. The summed E-state index contributed by atoms with van der Waals surface area (Å²) < 4.78 is 7.84. The normalized spacial score (nSPS) is 17.5. The Morgan fingerprint density at radius 2 is 2.24 bits per heavy atom. The number of nitrogens with two attached hydrogens (primary N) is 1. The van der Waals surface area contributed by atoms with Crippen LogP contribution in [0.1, 0.15) is 37.8 Å². The number of rotatable bonds is 5. The summed E-state index contributed by atoms with van der Waals surface area (Å²) in [7, 11) is 0. The highest BCUT2D eigenvalue weighted by atomic mass is 16.5. The Kier molecular flexibility index (Phi) is 4.50. The Bertz CT molecular complexity index is 350. The fraction of sp³-hybridized carbons (Fsp3) is 0.833. The summed E-state index contributed by atoms with van der Waals surface area (Å²) >= 11 is 0. The van der Waals surface area contributed by atoms with Gasteiger partial charge in [-0.3, -0.25) is 0 Å². The van der Waals surface area contributed by atoms with Crippen LogP contribution in [0.25, 0.3) is 0 Å². The Balaban J connectivity index is 2.07. The SMILES string of the molecule is CCOC(CN)Cc1nnc2n1CCCCC2. The van der Waals surface area contributed by atoms with Crippen LogP contribution in [0.3, 0.4) is 0 Å². The van der Waals surface area contributed by atoms with E-state index in [2.05, 4.69) is 14.8 Å². The van der Waals surface area contributed by atoms with E-state index >= 15 is 0 Å². The first kappa shape index (κ1) is 12.5. The van der Waals surface area contributed by atoms with Gasteiger partial charge in [-0.15, -0.1) is 10.2 Å². The Morgan fingerprint density at radius 1 is 1.35 bits per heavy atom. The number of ether oxygens (including phenoxy) is 1. The predicted molar refractivity (Wildman–Crippen MR) is 65.7 cm³/mol. The third kappa shape index (κ3) is 3.04. The lowest BCUT2D eigenvalue weighted by molar-refractivity contribution is 0.0673. The second-order valence-corrected chi connectivity index (χ2v) is 4.51. The van der Waals surface area contributed by atoms with Gasteiger partial charge in [-0.25, -0.2) is 0 Å². The molecule has 0 amide bonds. The fourth-order valence-corrected chi connectivity index (χ4v) is 2.35. The molecule has 1 aromatic rings. The van der Waals surface area contributed by atoms with Gasteiger partial charge < -0.3 is 15.0 Å². The lowest BCUT2D eigenvalue weighted by atomic mass is 10.2. The highest BCUT2D eigenvalue weighted by molar-refractivity contribution is 4.99. The molecule has 1 aliphatic rings. The summed E-state index contributed by atoms with van der Waals surface area (Å²) in [6.07, 6.45) is 5.63. The molecule has 2 rings (SSSR count). The number of hydrogen-bond acceptors (Lipinski definition) is 4. The second-order valence-electron chi connectivity index (χ2n) is 4.51. The van der Waals surface area contributed by atoms with Crippen molar-refractivity contribution in [3.05, 3.63) is 11.6 Å². The molecule has 0 fully saturated rings. The average molecular weight is 238 g/mol. The zero-order chi connectivity index (χ0) is 12.1. The van der Waals surface area contributed by atoms with Crippen LogP contribution in [0.2, 0.25) is 0 Å².